The third kappa shape index (κ3) is 5.30. The minimum absolute atomic E-state index is 0.144. The fourth-order valence-corrected chi connectivity index (χ4v) is 4.28. The number of ether oxygens (including phenoxy) is 2. The molecule has 0 aliphatic carbocycles. The number of amides is 4. The van der Waals surface area contributed by atoms with Gasteiger partial charge in [-0.25, -0.2) is 9.69 Å². The Morgan fingerprint density at radius 3 is 2.25 bits per heavy atom. The third-order valence-corrected chi connectivity index (χ3v) is 5.81. The van der Waals surface area contributed by atoms with Crippen LogP contribution in [0.5, 0.6) is 11.5 Å². The molecule has 1 aliphatic rings. The highest BCUT2D eigenvalue weighted by Gasteiger charge is 2.36. The summed E-state index contributed by atoms with van der Waals surface area (Å²) in [5.41, 5.74) is 5.37. The number of carbonyl (C=O) groups is 3. The first kappa shape index (κ1) is 24.7. The second kappa shape index (κ2) is 10.5. The second-order valence-electron chi connectivity index (χ2n) is 8.63. The largest absolute Gasteiger partial charge is 0.497 e. The number of urea groups is 1. The minimum atomic E-state index is -0.800. The number of nitrogens with one attached hydrogen (secondary N) is 1. The zero-order valence-electron chi connectivity index (χ0n) is 20.8. The first-order valence-electron chi connectivity index (χ1n) is 11.7. The number of aryl methyl sites for hydroxylation is 2. The number of benzene rings is 3. The average molecular weight is 485 g/mol. The zero-order chi connectivity index (χ0) is 25.8. The smallest absolute Gasteiger partial charge is 0.335 e. The Morgan fingerprint density at radius 2 is 1.61 bits per heavy atom. The molecule has 4 rings (SSSR count). The van der Waals surface area contributed by atoms with Crippen molar-refractivity contribution in [1.29, 1.82) is 0 Å². The van der Waals surface area contributed by atoms with Gasteiger partial charge in [0.15, 0.2) is 0 Å². The van der Waals surface area contributed by atoms with E-state index in [0.29, 0.717) is 35.8 Å². The van der Waals surface area contributed by atoms with Gasteiger partial charge < -0.3 is 9.47 Å². The lowest BCUT2D eigenvalue weighted by Crippen LogP contribution is -2.54. The molecule has 3 aromatic rings. The van der Waals surface area contributed by atoms with Gasteiger partial charge in [-0.2, -0.15) is 0 Å². The molecule has 7 nitrogen and oxygen atoms in total. The molecule has 0 saturated carbocycles. The number of imide groups is 2. The molecule has 0 bridgehead atoms. The van der Waals surface area contributed by atoms with Gasteiger partial charge >= 0.3 is 6.03 Å². The lowest BCUT2D eigenvalue weighted by molar-refractivity contribution is -0.122. The van der Waals surface area contributed by atoms with Crippen molar-refractivity contribution in [2.24, 2.45) is 0 Å². The first-order chi connectivity index (χ1) is 17.3. The van der Waals surface area contributed by atoms with Crippen LogP contribution in [-0.4, -0.2) is 31.6 Å². The van der Waals surface area contributed by atoms with Crippen molar-refractivity contribution >= 4 is 29.6 Å². The molecule has 1 saturated heterocycles. The van der Waals surface area contributed by atoms with Crippen LogP contribution in [0.4, 0.5) is 10.5 Å². The number of anilines is 1. The predicted molar refractivity (Wildman–Crippen MR) is 138 cm³/mol. The van der Waals surface area contributed by atoms with Gasteiger partial charge in [-0.05, 0) is 73.9 Å². The summed E-state index contributed by atoms with van der Waals surface area (Å²) in [6.07, 6.45) is 2.16. The topological polar surface area (TPSA) is 84.9 Å². The molecule has 184 valence electrons. The molecule has 0 aromatic heterocycles. The molecule has 0 radical (unpaired) electrons. The summed E-state index contributed by atoms with van der Waals surface area (Å²) in [7, 11) is 1.52. The molecule has 3 aromatic carbocycles. The fourth-order valence-electron chi connectivity index (χ4n) is 4.28. The SMILES string of the molecule is CCOc1cc(/C=C2\C(=O)NC(=O)N(c3ccc(OC)cc3)C2=O)ccc1Cc1cc(C)cc(C)c1. The highest BCUT2D eigenvalue weighted by molar-refractivity contribution is 6.39. The van der Waals surface area contributed by atoms with E-state index in [2.05, 4.69) is 37.4 Å². The van der Waals surface area contributed by atoms with Crippen molar-refractivity contribution in [3.63, 3.8) is 0 Å². The van der Waals surface area contributed by atoms with Gasteiger partial charge in [0.25, 0.3) is 11.8 Å². The Hall–Kier alpha value is -4.39. The van der Waals surface area contributed by atoms with Gasteiger partial charge in [0.2, 0.25) is 0 Å². The van der Waals surface area contributed by atoms with Crippen molar-refractivity contribution in [2.75, 3.05) is 18.6 Å². The van der Waals surface area contributed by atoms with E-state index in [9.17, 15) is 14.4 Å². The molecule has 36 heavy (non-hydrogen) atoms. The fraction of sp³-hybridized carbons (Fsp3) is 0.207. The zero-order valence-corrected chi connectivity index (χ0v) is 20.8. The quantitative estimate of drug-likeness (QED) is 0.378. The number of methoxy groups -OCH3 is 1. The van der Waals surface area contributed by atoms with Crippen LogP contribution >= 0.6 is 0 Å². The maximum Gasteiger partial charge on any atom is 0.335 e. The molecule has 1 aliphatic heterocycles. The van der Waals surface area contributed by atoms with E-state index in [-0.39, 0.29) is 5.57 Å². The van der Waals surface area contributed by atoms with Gasteiger partial charge in [0.05, 0.1) is 19.4 Å². The molecule has 1 N–H and O–H groups in total. The maximum absolute atomic E-state index is 13.2. The molecule has 0 unspecified atom stereocenters. The standard InChI is InChI=1S/C29H28N2O5/c1-5-36-26-17-20(6-7-22(26)15-21-13-18(2)12-19(3)14-21)16-25-27(32)30-29(34)31(28(25)33)23-8-10-24(35-4)11-9-23/h6-14,16-17H,5,15H2,1-4H3,(H,30,32,34)/b25-16+. The molecule has 7 heteroatoms. The Balaban J connectivity index is 1.66. The molecule has 0 spiro atoms. The van der Waals surface area contributed by atoms with Gasteiger partial charge in [0.1, 0.15) is 17.1 Å². The lowest BCUT2D eigenvalue weighted by atomic mass is 9.98. The van der Waals surface area contributed by atoms with Gasteiger partial charge in [0, 0.05) is 6.42 Å². The summed E-state index contributed by atoms with van der Waals surface area (Å²) in [6, 6.07) is 17.6. The number of hydrogen-bond donors (Lipinski definition) is 1. The number of nitrogens with zero attached hydrogens (tertiary/aromatic N) is 1. The van der Waals surface area contributed by atoms with Gasteiger partial charge in [-0.1, -0.05) is 41.5 Å². The Kier molecular flexibility index (Phi) is 7.20. The van der Waals surface area contributed by atoms with Crippen molar-refractivity contribution in [2.45, 2.75) is 27.2 Å². The minimum Gasteiger partial charge on any atom is -0.497 e. The van der Waals surface area contributed by atoms with Crippen LogP contribution < -0.4 is 19.7 Å². The molecular formula is C29H28N2O5. The van der Waals surface area contributed by atoms with Gasteiger partial charge in [-0.3, -0.25) is 14.9 Å². The molecule has 1 heterocycles. The van der Waals surface area contributed by atoms with Crippen molar-refractivity contribution in [3.8, 4) is 11.5 Å². The van der Waals surface area contributed by atoms with Crippen LogP contribution in [0.25, 0.3) is 6.08 Å². The summed E-state index contributed by atoms with van der Waals surface area (Å²) in [6.45, 7) is 6.52. The highest BCUT2D eigenvalue weighted by Crippen LogP contribution is 2.28. The van der Waals surface area contributed by atoms with Crippen molar-refractivity contribution in [3.05, 3.63) is 94.1 Å². The van der Waals surface area contributed by atoms with Crippen LogP contribution in [0.15, 0.2) is 66.2 Å². The van der Waals surface area contributed by atoms with E-state index >= 15 is 0 Å². The molecule has 4 amide bonds. The monoisotopic (exact) mass is 484 g/mol. The summed E-state index contributed by atoms with van der Waals surface area (Å²) >= 11 is 0. The predicted octanol–water partition coefficient (Wildman–Crippen LogP) is 4.97. The number of hydrogen-bond acceptors (Lipinski definition) is 5. The molecule has 1 fully saturated rings. The van der Waals surface area contributed by atoms with Crippen LogP contribution in [0.3, 0.4) is 0 Å². The lowest BCUT2D eigenvalue weighted by Gasteiger charge is -2.26. The number of barbiturate groups is 1. The van der Waals surface area contributed by atoms with Crippen molar-refractivity contribution < 1.29 is 23.9 Å². The molecular weight excluding hydrogens is 456 g/mol. The summed E-state index contributed by atoms with van der Waals surface area (Å²) in [5.74, 6) is -0.184. The normalized spacial score (nSPS) is 14.7. The van der Waals surface area contributed by atoms with E-state index in [1.165, 1.54) is 29.9 Å². The van der Waals surface area contributed by atoms with E-state index in [4.69, 9.17) is 9.47 Å². The van der Waals surface area contributed by atoms with Crippen LogP contribution in [0, 0.1) is 13.8 Å². The van der Waals surface area contributed by atoms with Crippen LogP contribution in [0.1, 0.15) is 34.7 Å². The van der Waals surface area contributed by atoms with Crippen LogP contribution in [0.2, 0.25) is 0 Å². The van der Waals surface area contributed by atoms with Gasteiger partial charge in [-0.15, -0.1) is 0 Å². The van der Waals surface area contributed by atoms with E-state index in [0.717, 1.165) is 10.5 Å². The first-order valence-corrected chi connectivity index (χ1v) is 11.7. The van der Waals surface area contributed by atoms with Crippen molar-refractivity contribution in [1.82, 2.24) is 5.32 Å². The highest BCUT2D eigenvalue weighted by atomic mass is 16.5. The summed E-state index contributed by atoms with van der Waals surface area (Å²) < 4.78 is 11.0. The Labute approximate surface area is 210 Å². The van der Waals surface area contributed by atoms with E-state index < -0.39 is 17.8 Å². The number of rotatable bonds is 7. The second-order valence-corrected chi connectivity index (χ2v) is 8.63. The summed E-state index contributed by atoms with van der Waals surface area (Å²) in [5, 5.41) is 2.25. The third-order valence-electron chi connectivity index (χ3n) is 5.81. The Morgan fingerprint density at radius 1 is 0.917 bits per heavy atom. The van der Waals surface area contributed by atoms with E-state index in [1.807, 2.05) is 25.1 Å². The molecule has 0 atom stereocenters. The maximum atomic E-state index is 13.2. The Bertz CT molecular complexity index is 1340. The van der Waals surface area contributed by atoms with E-state index in [1.54, 1.807) is 24.3 Å². The van der Waals surface area contributed by atoms with Crippen LogP contribution in [-0.2, 0) is 16.0 Å². The average Bonchev–Trinajstić information content (AvgIpc) is 2.83. The number of carbonyl (C=O) groups excluding carboxylic acids is 3. The summed E-state index contributed by atoms with van der Waals surface area (Å²) in [4.78, 5) is 39.2.